The van der Waals surface area contributed by atoms with E-state index >= 15 is 0 Å². The summed E-state index contributed by atoms with van der Waals surface area (Å²) in [5.74, 6) is 0.0590. The Morgan fingerprint density at radius 1 is 0.975 bits per heavy atom. The van der Waals surface area contributed by atoms with Gasteiger partial charge in [0.15, 0.2) is 0 Å². The highest BCUT2D eigenvalue weighted by Crippen LogP contribution is 2.29. The molecule has 8 nitrogen and oxygen atoms in total. The van der Waals surface area contributed by atoms with E-state index in [1.807, 2.05) is 48.0 Å². The fourth-order valence-corrected chi connectivity index (χ4v) is 4.77. The number of aryl methyl sites for hydroxylation is 1. The molecule has 2 atom stereocenters. The van der Waals surface area contributed by atoms with Crippen LogP contribution < -0.4 is 16.0 Å². The first kappa shape index (κ1) is 26.8. The van der Waals surface area contributed by atoms with Crippen molar-refractivity contribution in [1.82, 2.24) is 18.7 Å². The maximum atomic E-state index is 13.8. The molecule has 204 valence electrons. The highest BCUT2D eigenvalue weighted by atomic mass is 19.1. The molecule has 5 rings (SSSR count). The van der Waals surface area contributed by atoms with Gasteiger partial charge in [-0.15, -0.1) is 0 Å². The first-order valence-corrected chi connectivity index (χ1v) is 12.8. The van der Waals surface area contributed by atoms with Crippen LogP contribution >= 0.6 is 0 Å². The van der Waals surface area contributed by atoms with E-state index in [0.29, 0.717) is 16.9 Å². The molecule has 0 saturated carbocycles. The van der Waals surface area contributed by atoms with Crippen LogP contribution in [0.5, 0.6) is 5.75 Å². The van der Waals surface area contributed by atoms with E-state index in [1.54, 1.807) is 31.5 Å². The van der Waals surface area contributed by atoms with Crippen LogP contribution in [0.3, 0.4) is 0 Å². The van der Waals surface area contributed by atoms with Crippen molar-refractivity contribution in [3.63, 3.8) is 0 Å². The summed E-state index contributed by atoms with van der Waals surface area (Å²) in [5, 5.41) is 11.5. The van der Waals surface area contributed by atoms with Gasteiger partial charge >= 0.3 is 5.69 Å². The lowest BCUT2D eigenvalue weighted by Crippen LogP contribution is -2.44. The van der Waals surface area contributed by atoms with Gasteiger partial charge in [0.1, 0.15) is 17.7 Å². The molecule has 9 heteroatoms. The number of imidazole rings is 1. The molecule has 2 heterocycles. The number of aliphatic hydroxyl groups is 1. The number of hydrogen-bond donors (Lipinski definition) is 1. The van der Waals surface area contributed by atoms with E-state index in [2.05, 4.69) is 4.98 Å². The summed E-state index contributed by atoms with van der Waals surface area (Å²) < 4.78 is 23.5. The van der Waals surface area contributed by atoms with Gasteiger partial charge in [-0.1, -0.05) is 48.5 Å². The molecule has 2 aromatic heterocycles. The van der Waals surface area contributed by atoms with Crippen LogP contribution in [0.25, 0.3) is 5.69 Å². The summed E-state index contributed by atoms with van der Waals surface area (Å²) in [6.07, 6.45) is 3.58. The molecule has 0 fully saturated rings. The molecule has 0 bridgehead atoms. The molecule has 0 aliphatic rings. The predicted octanol–water partition coefficient (Wildman–Crippen LogP) is 4.39. The first-order valence-electron chi connectivity index (χ1n) is 12.8. The molecule has 5 aromatic rings. The number of halogens is 1. The van der Waals surface area contributed by atoms with Crippen molar-refractivity contribution in [2.75, 3.05) is 7.11 Å². The monoisotopic (exact) mass is 540 g/mol. The summed E-state index contributed by atoms with van der Waals surface area (Å²) in [6, 6.07) is 19.4. The number of aliphatic hydroxyl groups excluding tert-OH is 1. The molecule has 1 N–H and O–H groups in total. The molecule has 3 aromatic carbocycles. The van der Waals surface area contributed by atoms with E-state index in [0.717, 1.165) is 21.5 Å². The topological polar surface area (TPSA) is 91.3 Å². The van der Waals surface area contributed by atoms with Crippen LogP contribution in [0, 0.1) is 12.7 Å². The number of methoxy groups -OCH3 is 1. The van der Waals surface area contributed by atoms with Gasteiger partial charge < -0.3 is 14.4 Å². The third-order valence-electron chi connectivity index (χ3n) is 6.95. The van der Waals surface area contributed by atoms with Gasteiger partial charge in [0, 0.05) is 12.4 Å². The molecular formula is C31H29FN4O4. The van der Waals surface area contributed by atoms with Crippen LogP contribution in [0.2, 0.25) is 0 Å². The lowest BCUT2D eigenvalue weighted by atomic mass is 10.0. The molecule has 0 aliphatic heterocycles. The van der Waals surface area contributed by atoms with Crippen molar-refractivity contribution in [1.29, 1.82) is 0 Å². The number of benzene rings is 3. The molecule has 40 heavy (non-hydrogen) atoms. The minimum Gasteiger partial charge on any atom is -0.495 e. The Balaban J connectivity index is 1.63. The average Bonchev–Trinajstić information content (AvgIpc) is 3.40. The number of ether oxygens (including phenoxy) is 1. The third kappa shape index (κ3) is 5.23. The minimum absolute atomic E-state index is 0.0257. The molecular weight excluding hydrogens is 511 g/mol. The standard InChI is InChI=1S/C31H29FN4O4/c1-20-16-35(19-33-20)27-14-11-24(15-28(27)40-3)29(37)26-18-34(17-22-7-5-4-6-8-22)31(39)36(30(26)38)21(2)23-9-12-25(32)13-10-23/h4-16,18-19,21,29,37H,17H2,1-3H3. The van der Waals surface area contributed by atoms with Gasteiger partial charge in [0.25, 0.3) is 5.56 Å². The molecule has 2 unspecified atom stereocenters. The lowest BCUT2D eigenvalue weighted by molar-refractivity contribution is 0.215. The SMILES string of the molecule is COc1cc(C(O)c2cn(Cc3ccccc3)c(=O)n(C(C)c3ccc(F)cc3)c2=O)ccc1-n1cnc(C)c1. The summed E-state index contributed by atoms with van der Waals surface area (Å²) in [4.78, 5) is 31.7. The quantitative estimate of drug-likeness (QED) is 0.315. The highest BCUT2D eigenvalue weighted by molar-refractivity contribution is 5.50. The van der Waals surface area contributed by atoms with Crippen molar-refractivity contribution in [2.24, 2.45) is 0 Å². The van der Waals surface area contributed by atoms with E-state index in [-0.39, 0.29) is 12.1 Å². The van der Waals surface area contributed by atoms with Crippen molar-refractivity contribution in [2.45, 2.75) is 32.5 Å². The Morgan fingerprint density at radius 3 is 2.33 bits per heavy atom. The smallest absolute Gasteiger partial charge is 0.331 e. The maximum Gasteiger partial charge on any atom is 0.331 e. The van der Waals surface area contributed by atoms with Gasteiger partial charge in [-0.2, -0.15) is 0 Å². The maximum absolute atomic E-state index is 13.8. The Morgan fingerprint density at radius 2 is 1.68 bits per heavy atom. The van der Waals surface area contributed by atoms with Gasteiger partial charge in [-0.3, -0.25) is 13.9 Å². The lowest BCUT2D eigenvalue weighted by Gasteiger charge is -2.21. The third-order valence-corrected chi connectivity index (χ3v) is 6.95. The van der Waals surface area contributed by atoms with Crippen LogP contribution in [0.15, 0.2) is 101 Å². The zero-order valence-electron chi connectivity index (χ0n) is 22.4. The number of nitrogens with zero attached hydrogens (tertiary/aromatic N) is 4. The number of hydrogen-bond acceptors (Lipinski definition) is 5. The van der Waals surface area contributed by atoms with Crippen LogP contribution in [0.4, 0.5) is 4.39 Å². The molecule has 0 amide bonds. The Kier molecular flexibility index (Phi) is 7.48. The second-order valence-electron chi connectivity index (χ2n) is 9.64. The zero-order chi connectivity index (χ0) is 28.4. The van der Waals surface area contributed by atoms with E-state index in [4.69, 9.17) is 4.74 Å². The van der Waals surface area contributed by atoms with Gasteiger partial charge in [0.05, 0.1) is 43.0 Å². The van der Waals surface area contributed by atoms with Crippen molar-refractivity contribution in [3.05, 3.63) is 146 Å². The Labute approximate surface area is 230 Å². The van der Waals surface area contributed by atoms with Gasteiger partial charge in [0.2, 0.25) is 0 Å². The predicted molar refractivity (Wildman–Crippen MR) is 150 cm³/mol. The Bertz CT molecular complexity index is 1760. The van der Waals surface area contributed by atoms with Crippen molar-refractivity contribution >= 4 is 0 Å². The second-order valence-corrected chi connectivity index (χ2v) is 9.64. The van der Waals surface area contributed by atoms with Crippen LogP contribution in [-0.4, -0.2) is 30.9 Å². The largest absolute Gasteiger partial charge is 0.495 e. The Hall–Kier alpha value is -4.76. The summed E-state index contributed by atoms with van der Waals surface area (Å²) in [6.45, 7) is 3.77. The summed E-state index contributed by atoms with van der Waals surface area (Å²) >= 11 is 0. The first-order chi connectivity index (χ1) is 19.3. The zero-order valence-corrected chi connectivity index (χ0v) is 22.4. The minimum atomic E-state index is -1.35. The van der Waals surface area contributed by atoms with Crippen molar-refractivity contribution in [3.8, 4) is 11.4 Å². The highest BCUT2D eigenvalue weighted by Gasteiger charge is 2.24. The van der Waals surface area contributed by atoms with Crippen LogP contribution in [0.1, 0.15) is 47.0 Å². The number of rotatable bonds is 8. The van der Waals surface area contributed by atoms with Gasteiger partial charge in [-0.05, 0) is 54.8 Å². The number of aromatic nitrogens is 4. The van der Waals surface area contributed by atoms with Crippen LogP contribution in [-0.2, 0) is 6.54 Å². The van der Waals surface area contributed by atoms with Gasteiger partial charge in [-0.25, -0.2) is 14.2 Å². The van der Waals surface area contributed by atoms with Crippen molar-refractivity contribution < 1.29 is 14.2 Å². The second kappa shape index (κ2) is 11.2. The van der Waals surface area contributed by atoms with E-state index < -0.39 is 29.2 Å². The average molecular weight is 541 g/mol. The molecule has 0 spiro atoms. The van der Waals surface area contributed by atoms with E-state index in [9.17, 15) is 19.1 Å². The molecule has 0 saturated heterocycles. The van der Waals surface area contributed by atoms with E-state index in [1.165, 1.54) is 42.1 Å². The molecule has 0 radical (unpaired) electrons. The normalized spacial score (nSPS) is 12.7. The molecule has 0 aliphatic carbocycles. The fraction of sp³-hybridized carbons (Fsp3) is 0.194. The summed E-state index contributed by atoms with van der Waals surface area (Å²) in [7, 11) is 1.52. The summed E-state index contributed by atoms with van der Waals surface area (Å²) in [5.41, 5.74) is 2.26. The fourth-order valence-electron chi connectivity index (χ4n) is 4.77.